The standard InChI is InChI=1S/C28H35N5O/c1-9-32(10-2)21-13-12-20(19(4)16-21)17-23-25(28(5,6)7)30-33-27(23)29-26(31-33)22-15-18(3)11-14-24(22)34-8/h11-17H,9-10H2,1-8H3/b23-17-. The first kappa shape index (κ1) is 23.7. The van der Waals surface area contributed by atoms with Gasteiger partial charge in [-0.25, -0.2) is 4.98 Å². The Kier molecular flexibility index (Phi) is 6.34. The molecule has 2 heterocycles. The van der Waals surface area contributed by atoms with E-state index in [1.54, 1.807) is 11.7 Å². The molecular weight excluding hydrogens is 422 g/mol. The number of nitrogens with zero attached hydrogens (tertiary/aromatic N) is 5. The molecule has 0 saturated carbocycles. The molecule has 0 unspecified atom stereocenters. The average molecular weight is 458 g/mol. The molecule has 2 aromatic carbocycles. The number of methoxy groups -OCH3 is 1. The summed E-state index contributed by atoms with van der Waals surface area (Å²) in [5.74, 6) is 1.37. The first-order valence-electron chi connectivity index (χ1n) is 12.0. The van der Waals surface area contributed by atoms with E-state index in [-0.39, 0.29) is 5.41 Å². The molecule has 6 nitrogen and oxygen atoms in total. The minimum absolute atomic E-state index is 0.148. The van der Waals surface area contributed by atoms with Gasteiger partial charge in [0.05, 0.1) is 18.4 Å². The summed E-state index contributed by atoms with van der Waals surface area (Å²) >= 11 is 0. The summed E-state index contributed by atoms with van der Waals surface area (Å²) in [6.07, 6.45) is 2.20. The van der Waals surface area contributed by atoms with Gasteiger partial charge in [-0.2, -0.15) is 5.10 Å². The van der Waals surface area contributed by atoms with Crippen LogP contribution in [-0.2, 0) is 5.41 Å². The lowest BCUT2D eigenvalue weighted by Gasteiger charge is -2.22. The number of anilines is 1. The molecule has 6 heteroatoms. The van der Waals surface area contributed by atoms with Gasteiger partial charge in [-0.15, -0.1) is 9.73 Å². The Hall–Kier alpha value is -3.41. The Morgan fingerprint density at radius 3 is 2.35 bits per heavy atom. The van der Waals surface area contributed by atoms with E-state index in [1.807, 2.05) is 12.1 Å². The second kappa shape index (κ2) is 9.09. The quantitative estimate of drug-likeness (QED) is 0.403. The molecule has 0 aliphatic carbocycles. The van der Waals surface area contributed by atoms with E-state index in [0.717, 1.165) is 52.1 Å². The minimum atomic E-state index is -0.148. The minimum Gasteiger partial charge on any atom is -0.496 e. The van der Waals surface area contributed by atoms with Gasteiger partial charge in [-0.05, 0) is 69.2 Å². The van der Waals surface area contributed by atoms with E-state index in [4.69, 9.17) is 19.9 Å². The van der Waals surface area contributed by atoms with E-state index >= 15 is 0 Å². The van der Waals surface area contributed by atoms with Crippen LogP contribution in [0.15, 0.2) is 36.4 Å². The molecular formula is C28H35N5O. The molecule has 4 aromatic rings. The van der Waals surface area contributed by atoms with E-state index in [9.17, 15) is 0 Å². The molecule has 0 spiro atoms. The normalized spacial score (nSPS) is 12.5. The summed E-state index contributed by atoms with van der Waals surface area (Å²) in [7, 11) is 1.67. The molecule has 2 aromatic heterocycles. The Labute approximate surface area is 202 Å². The van der Waals surface area contributed by atoms with Crippen molar-refractivity contribution in [1.29, 1.82) is 0 Å². The number of benzene rings is 2. The molecule has 0 atom stereocenters. The largest absolute Gasteiger partial charge is 0.496 e. The fourth-order valence-corrected chi connectivity index (χ4v) is 4.36. The number of aryl methyl sites for hydroxylation is 2. The molecule has 0 amide bonds. The van der Waals surface area contributed by atoms with Crippen LogP contribution in [0.1, 0.15) is 57.0 Å². The summed E-state index contributed by atoms with van der Waals surface area (Å²) in [5, 5.41) is 10.6. The van der Waals surface area contributed by atoms with Gasteiger partial charge < -0.3 is 9.64 Å². The second-order valence-corrected chi connectivity index (χ2v) is 9.82. The van der Waals surface area contributed by atoms with Crippen molar-refractivity contribution in [1.82, 2.24) is 19.8 Å². The fourth-order valence-electron chi connectivity index (χ4n) is 4.36. The zero-order valence-corrected chi connectivity index (χ0v) is 21.6. The predicted molar refractivity (Wildman–Crippen MR) is 140 cm³/mol. The molecule has 0 fully saturated rings. The number of ether oxygens (including phenoxy) is 1. The molecule has 0 aliphatic heterocycles. The molecule has 0 aliphatic rings. The van der Waals surface area contributed by atoms with Crippen LogP contribution in [-0.4, -0.2) is 40.0 Å². The molecule has 34 heavy (non-hydrogen) atoms. The molecule has 0 N–H and O–H groups in total. The third-order valence-electron chi connectivity index (χ3n) is 6.27. The van der Waals surface area contributed by atoms with Crippen LogP contribution in [0.25, 0.3) is 23.1 Å². The van der Waals surface area contributed by atoms with Gasteiger partial charge in [0, 0.05) is 29.4 Å². The van der Waals surface area contributed by atoms with Gasteiger partial charge >= 0.3 is 0 Å². The summed E-state index contributed by atoms with van der Waals surface area (Å²) in [6, 6.07) is 12.7. The number of aromatic nitrogens is 4. The van der Waals surface area contributed by atoms with Crippen molar-refractivity contribution in [3.05, 3.63) is 64.0 Å². The maximum atomic E-state index is 5.57. The second-order valence-electron chi connectivity index (χ2n) is 9.82. The van der Waals surface area contributed by atoms with Crippen molar-refractivity contribution in [3.8, 4) is 17.1 Å². The Morgan fingerprint density at radius 1 is 1.00 bits per heavy atom. The summed E-state index contributed by atoms with van der Waals surface area (Å²) in [6.45, 7) is 17.1. The van der Waals surface area contributed by atoms with Crippen molar-refractivity contribution < 1.29 is 4.74 Å². The third-order valence-corrected chi connectivity index (χ3v) is 6.27. The molecule has 178 valence electrons. The van der Waals surface area contributed by atoms with Gasteiger partial charge in [0.15, 0.2) is 11.5 Å². The summed E-state index contributed by atoms with van der Waals surface area (Å²) in [4.78, 5) is 7.30. The maximum Gasteiger partial charge on any atom is 0.187 e. The van der Waals surface area contributed by atoms with Gasteiger partial charge in [0.1, 0.15) is 5.75 Å². The Bertz CT molecular complexity index is 1380. The topological polar surface area (TPSA) is 55.6 Å². The zero-order chi connectivity index (χ0) is 24.6. The van der Waals surface area contributed by atoms with Crippen LogP contribution in [0, 0.1) is 13.8 Å². The Morgan fingerprint density at radius 2 is 1.74 bits per heavy atom. The molecule has 0 radical (unpaired) electrons. The van der Waals surface area contributed by atoms with E-state index in [2.05, 4.69) is 83.7 Å². The average Bonchev–Trinajstić information content (AvgIpc) is 3.35. The van der Waals surface area contributed by atoms with Crippen molar-refractivity contribution in [2.45, 2.75) is 53.9 Å². The van der Waals surface area contributed by atoms with Gasteiger partial charge in [-0.1, -0.05) is 38.5 Å². The molecule has 0 saturated heterocycles. The van der Waals surface area contributed by atoms with E-state index in [1.165, 1.54) is 11.3 Å². The van der Waals surface area contributed by atoms with Gasteiger partial charge in [0.25, 0.3) is 0 Å². The number of hydrogen-bond donors (Lipinski definition) is 0. The third kappa shape index (κ3) is 4.37. The monoisotopic (exact) mass is 457 g/mol. The lowest BCUT2D eigenvalue weighted by atomic mass is 9.90. The van der Waals surface area contributed by atoms with Crippen LogP contribution in [0.3, 0.4) is 0 Å². The highest BCUT2D eigenvalue weighted by atomic mass is 16.5. The lowest BCUT2D eigenvalue weighted by molar-refractivity contribution is 0.416. The lowest BCUT2D eigenvalue weighted by Crippen LogP contribution is -2.22. The van der Waals surface area contributed by atoms with Crippen LogP contribution in [0.5, 0.6) is 5.75 Å². The SMILES string of the molecule is CCN(CC)c1ccc(/C=c2/c(C(C)(C)C)nn3nc(-c4cc(C)ccc4OC)nc23)c(C)c1. The number of rotatable bonds is 6. The predicted octanol–water partition coefficient (Wildman–Crippen LogP) is 5.11. The van der Waals surface area contributed by atoms with Crippen molar-refractivity contribution >= 4 is 17.4 Å². The highest BCUT2D eigenvalue weighted by Gasteiger charge is 2.24. The smallest absolute Gasteiger partial charge is 0.187 e. The van der Waals surface area contributed by atoms with Crippen LogP contribution in [0.2, 0.25) is 0 Å². The van der Waals surface area contributed by atoms with E-state index in [0.29, 0.717) is 5.82 Å². The zero-order valence-electron chi connectivity index (χ0n) is 21.6. The maximum absolute atomic E-state index is 5.57. The highest BCUT2D eigenvalue weighted by Crippen LogP contribution is 2.29. The fraction of sp³-hybridized carbons (Fsp3) is 0.393. The Balaban J connectivity index is 1.91. The van der Waals surface area contributed by atoms with Crippen LogP contribution < -0.4 is 14.9 Å². The van der Waals surface area contributed by atoms with Gasteiger partial charge in [-0.3, -0.25) is 0 Å². The molecule has 0 bridgehead atoms. The first-order valence-corrected chi connectivity index (χ1v) is 12.0. The highest BCUT2D eigenvalue weighted by molar-refractivity contribution is 5.69. The summed E-state index contributed by atoms with van der Waals surface area (Å²) in [5.41, 5.74) is 7.23. The first-order chi connectivity index (χ1) is 16.2. The number of fused-ring (bicyclic) bond motifs is 1. The van der Waals surface area contributed by atoms with E-state index < -0.39 is 0 Å². The van der Waals surface area contributed by atoms with Crippen LogP contribution in [0.4, 0.5) is 5.69 Å². The van der Waals surface area contributed by atoms with Crippen molar-refractivity contribution in [3.63, 3.8) is 0 Å². The molecule has 4 rings (SSSR count). The number of hydrogen-bond acceptors (Lipinski definition) is 5. The van der Waals surface area contributed by atoms with Crippen molar-refractivity contribution in [2.24, 2.45) is 0 Å². The van der Waals surface area contributed by atoms with Gasteiger partial charge in [0.2, 0.25) is 0 Å². The summed E-state index contributed by atoms with van der Waals surface area (Å²) < 4.78 is 7.24. The van der Waals surface area contributed by atoms with Crippen LogP contribution >= 0.6 is 0 Å². The van der Waals surface area contributed by atoms with Crippen molar-refractivity contribution in [2.75, 3.05) is 25.1 Å².